The third-order valence-corrected chi connectivity index (χ3v) is 3.80. The molecule has 1 aromatic heterocycles. The molecule has 0 saturated carbocycles. The Morgan fingerprint density at radius 1 is 1.33 bits per heavy atom. The number of rotatable bonds is 3. The molecule has 0 spiro atoms. The minimum Gasteiger partial charge on any atom is -0.493 e. The van der Waals surface area contributed by atoms with Crippen molar-refractivity contribution in [2.75, 3.05) is 51.3 Å². The number of nitrogens with zero attached hydrogens (tertiary/aromatic N) is 3. The normalized spacial score (nSPS) is 21.7. The quantitative estimate of drug-likeness (QED) is 0.826. The van der Waals surface area contributed by atoms with Crippen LogP contribution in [0.25, 0.3) is 0 Å². The van der Waals surface area contributed by atoms with Crippen molar-refractivity contribution in [3.63, 3.8) is 0 Å². The molecule has 0 aromatic carbocycles. The number of methoxy groups -OCH3 is 1. The summed E-state index contributed by atoms with van der Waals surface area (Å²) in [6, 6.07) is 4.56. The summed E-state index contributed by atoms with van der Waals surface area (Å²) in [5.74, 6) is 1.85. The molecule has 98 valence electrons. The molecule has 5 nitrogen and oxygen atoms in total. The second kappa shape index (κ2) is 5.12. The van der Waals surface area contributed by atoms with Crippen LogP contribution in [-0.4, -0.2) is 62.3 Å². The summed E-state index contributed by atoms with van der Waals surface area (Å²) < 4.78 is 5.36. The van der Waals surface area contributed by atoms with Crippen LogP contribution in [0.15, 0.2) is 18.3 Å². The van der Waals surface area contributed by atoms with Crippen LogP contribution in [0.2, 0.25) is 0 Å². The maximum atomic E-state index is 5.36. The Labute approximate surface area is 108 Å². The molecule has 2 aliphatic rings. The number of aromatic nitrogens is 1. The van der Waals surface area contributed by atoms with E-state index in [2.05, 4.69) is 20.1 Å². The first-order valence-corrected chi connectivity index (χ1v) is 6.57. The molecule has 1 aromatic rings. The van der Waals surface area contributed by atoms with Crippen LogP contribution in [0.1, 0.15) is 0 Å². The summed E-state index contributed by atoms with van der Waals surface area (Å²) in [6.45, 7) is 6.68. The molecule has 3 rings (SSSR count). The molecule has 0 unspecified atom stereocenters. The van der Waals surface area contributed by atoms with Gasteiger partial charge in [-0.15, -0.1) is 0 Å². The van der Waals surface area contributed by atoms with Crippen molar-refractivity contribution in [3.8, 4) is 5.75 Å². The first-order chi connectivity index (χ1) is 8.88. The largest absolute Gasteiger partial charge is 0.493 e. The molecule has 0 bridgehead atoms. The van der Waals surface area contributed by atoms with E-state index in [1.54, 1.807) is 7.11 Å². The molecule has 0 atom stereocenters. The van der Waals surface area contributed by atoms with Crippen molar-refractivity contribution in [2.24, 2.45) is 0 Å². The highest BCUT2D eigenvalue weighted by Gasteiger charge is 2.34. The van der Waals surface area contributed by atoms with Crippen LogP contribution in [0, 0.1) is 0 Å². The highest BCUT2D eigenvalue weighted by atomic mass is 16.5. The van der Waals surface area contributed by atoms with Gasteiger partial charge >= 0.3 is 0 Å². The van der Waals surface area contributed by atoms with E-state index in [-0.39, 0.29) is 0 Å². The van der Waals surface area contributed by atoms with E-state index < -0.39 is 0 Å². The van der Waals surface area contributed by atoms with Gasteiger partial charge in [-0.1, -0.05) is 0 Å². The summed E-state index contributed by atoms with van der Waals surface area (Å²) in [6.07, 6.45) is 1.83. The molecule has 0 amide bonds. The van der Waals surface area contributed by atoms with E-state index in [1.165, 1.54) is 0 Å². The molecular formula is C13H20N4O. The smallest absolute Gasteiger partial charge is 0.171 e. The van der Waals surface area contributed by atoms with Gasteiger partial charge in [-0.2, -0.15) is 0 Å². The molecule has 1 N–H and O–H groups in total. The van der Waals surface area contributed by atoms with Gasteiger partial charge in [0.05, 0.1) is 7.11 Å². The summed E-state index contributed by atoms with van der Waals surface area (Å²) >= 11 is 0. The zero-order valence-electron chi connectivity index (χ0n) is 10.8. The van der Waals surface area contributed by atoms with Crippen LogP contribution in [0.3, 0.4) is 0 Å². The Morgan fingerprint density at radius 3 is 2.83 bits per heavy atom. The second-order valence-corrected chi connectivity index (χ2v) is 4.87. The van der Waals surface area contributed by atoms with Gasteiger partial charge in [-0.25, -0.2) is 4.98 Å². The summed E-state index contributed by atoms with van der Waals surface area (Å²) in [4.78, 5) is 9.29. The Kier molecular flexibility index (Phi) is 3.34. The lowest BCUT2D eigenvalue weighted by molar-refractivity contribution is 0.146. The molecular weight excluding hydrogens is 228 g/mol. The SMILES string of the molecule is COc1cccnc1N1CC(N2CCNCC2)C1. The lowest BCUT2D eigenvalue weighted by atomic mass is 10.1. The summed E-state index contributed by atoms with van der Waals surface area (Å²) in [5, 5.41) is 3.39. The molecule has 2 aliphatic heterocycles. The van der Waals surface area contributed by atoms with Gasteiger partial charge < -0.3 is 15.0 Å². The van der Waals surface area contributed by atoms with E-state index in [9.17, 15) is 0 Å². The maximum absolute atomic E-state index is 5.36. The minimum atomic E-state index is 0.679. The van der Waals surface area contributed by atoms with E-state index in [0.717, 1.165) is 50.8 Å². The topological polar surface area (TPSA) is 40.6 Å². The highest BCUT2D eigenvalue weighted by Crippen LogP contribution is 2.29. The molecule has 2 fully saturated rings. The van der Waals surface area contributed by atoms with Gasteiger partial charge in [-0.3, -0.25) is 4.90 Å². The number of hydrogen-bond acceptors (Lipinski definition) is 5. The highest BCUT2D eigenvalue weighted by molar-refractivity contribution is 5.54. The lowest BCUT2D eigenvalue weighted by Crippen LogP contribution is -2.63. The van der Waals surface area contributed by atoms with E-state index in [0.29, 0.717) is 6.04 Å². The molecule has 2 saturated heterocycles. The minimum absolute atomic E-state index is 0.679. The third-order valence-electron chi connectivity index (χ3n) is 3.80. The van der Waals surface area contributed by atoms with Gasteiger partial charge in [0.25, 0.3) is 0 Å². The number of pyridine rings is 1. The Balaban J connectivity index is 1.61. The van der Waals surface area contributed by atoms with Crippen molar-refractivity contribution in [1.29, 1.82) is 0 Å². The Bertz CT molecular complexity index is 400. The fourth-order valence-electron chi connectivity index (χ4n) is 2.69. The summed E-state index contributed by atoms with van der Waals surface area (Å²) in [7, 11) is 1.70. The van der Waals surface area contributed by atoms with Crippen LogP contribution in [0.4, 0.5) is 5.82 Å². The molecule has 0 radical (unpaired) electrons. The Hall–Kier alpha value is -1.33. The third kappa shape index (κ3) is 2.15. The van der Waals surface area contributed by atoms with Crippen molar-refractivity contribution < 1.29 is 4.74 Å². The average Bonchev–Trinajstić information content (AvgIpc) is 2.39. The average molecular weight is 248 g/mol. The first kappa shape index (κ1) is 11.7. The standard InChI is InChI=1S/C13H20N4O/c1-18-12-3-2-4-15-13(12)17-9-11(10-17)16-7-5-14-6-8-16/h2-4,11,14H,5-10H2,1H3. The van der Waals surface area contributed by atoms with Crippen molar-refractivity contribution in [3.05, 3.63) is 18.3 Å². The maximum Gasteiger partial charge on any atom is 0.171 e. The number of ether oxygens (including phenoxy) is 1. The second-order valence-electron chi connectivity index (χ2n) is 4.87. The molecule has 5 heteroatoms. The fraction of sp³-hybridized carbons (Fsp3) is 0.615. The van der Waals surface area contributed by atoms with Gasteiger partial charge in [-0.05, 0) is 12.1 Å². The van der Waals surface area contributed by atoms with Crippen LogP contribution in [-0.2, 0) is 0 Å². The van der Waals surface area contributed by atoms with E-state index in [1.807, 2.05) is 18.3 Å². The number of nitrogens with one attached hydrogen (secondary N) is 1. The zero-order chi connectivity index (χ0) is 12.4. The van der Waals surface area contributed by atoms with Gasteiger partial charge in [0.15, 0.2) is 11.6 Å². The number of anilines is 1. The first-order valence-electron chi connectivity index (χ1n) is 6.57. The van der Waals surface area contributed by atoms with Gasteiger partial charge in [0.2, 0.25) is 0 Å². The predicted molar refractivity (Wildman–Crippen MR) is 71.2 cm³/mol. The predicted octanol–water partition coefficient (Wildman–Crippen LogP) is 0.184. The fourth-order valence-corrected chi connectivity index (χ4v) is 2.69. The van der Waals surface area contributed by atoms with Crippen LogP contribution in [0.5, 0.6) is 5.75 Å². The van der Waals surface area contributed by atoms with Gasteiger partial charge in [0.1, 0.15) is 0 Å². The molecule has 3 heterocycles. The lowest BCUT2D eigenvalue weighted by Gasteiger charge is -2.47. The molecule has 18 heavy (non-hydrogen) atoms. The van der Waals surface area contributed by atoms with E-state index in [4.69, 9.17) is 4.74 Å². The number of piperazine rings is 1. The van der Waals surface area contributed by atoms with Crippen LogP contribution < -0.4 is 15.0 Å². The van der Waals surface area contributed by atoms with Crippen molar-refractivity contribution in [1.82, 2.24) is 15.2 Å². The monoisotopic (exact) mass is 248 g/mol. The number of hydrogen-bond donors (Lipinski definition) is 1. The molecule has 0 aliphatic carbocycles. The van der Waals surface area contributed by atoms with Crippen molar-refractivity contribution in [2.45, 2.75) is 6.04 Å². The van der Waals surface area contributed by atoms with Crippen LogP contribution >= 0.6 is 0 Å². The zero-order valence-corrected chi connectivity index (χ0v) is 10.8. The van der Waals surface area contributed by atoms with E-state index >= 15 is 0 Å². The van der Waals surface area contributed by atoms with Gasteiger partial charge in [0, 0.05) is 51.5 Å². The summed E-state index contributed by atoms with van der Waals surface area (Å²) in [5.41, 5.74) is 0. The van der Waals surface area contributed by atoms with Crippen molar-refractivity contribution >= 4 is 5.82 Å². The Morgan fingerprint density at radius 2 is 2.11 bits per heavy atom.